The number of fused-ring (bicyclic) bond motifs is 7. The van der Waals surface area contributed by atoms with Gasteiger partial charge in [0.05, 0.1) is 32.3 Å². The number of rotatable bonds is 4. The number of nitrogens with zero attached hydrogens (tertiary/aromatic N) is 2. The third-order valence-electron chi connectivity index (χ3n) is 9.28. The first-order valence-corrected chi connectivity index (χ1v) is 16.5. The zero-order valence-electron chi connectivity index (χ0n) is 25.4. The Hall–Kier alpha value is -5.64. The van der Waals surface area contributed by atoms with Gasteiger partial charge in [0, 0.05) is 37.3 Å². The minimum absolute atomic E-state index is 1.11. The summed E-state index contributed by atoms with van der Waals surface area (Å²) in [4.78, 5) is 0. The molecule has 9 aromatic rings. The van der Waals surface area contributed by atoms with E-state index in [2.05, 4.69) is 168 Å². The lowest BCUT2D eigenvalue weighted by Crippen LogP contribution is -2.23. The summed E-state index contributed by atoms with van der Waals surface area (Å²) in [5, 5.41) is 7.55. The monoisotopic (exact) mass is 606 g/mol. The van der Waals surface area contributed by atoms with E-state index in [0.717, 1.165) is 5.70 Å². The van der Waals surface area contributed by atoms with Gasteiger partial charge in [-0.05, 0) is 83.9 Å². The largest absolute Gasteiger partial charge is 0.309 e. The van der Waals surface area contributed by atoms with Crippen molar-refractivity contribution in [3.63, 3.8) is 0 Å². The van der Waals surface area contributed by atoms with Gasteiger partial charge in [0.1, 0.15) is 0 Å². The second-order valence-corrected chi connectivity index (χ2v) is 12.8. The molecule has 0 atom stereocenters. The maximum atomic E-state index is 4.33. The summed E-state index contributed by atoms with van der Waals surface area (Å²) in [6, 6.07) is 50.6. The highest BCUT2D eigenvalue weighted by Crippen LogP contribution is 2.38. The van der Waals surface area contributed by atoms with Gasteiger partial charge in [-0.2, -0.15) is 0 Å². The Kier molecular flexibility index (Phi) is 6.09. The molecule has 46 heavy (non-hydrogen) atoms. The van der Waals surface area contributed by atoms with Crippen LogP contribution >= 0.6 is 11.3 Å². The number of hydrogen-bond donors (Lipinski definition) is 0. The van der Waals surface area contributed by atoms with E-state index in [4.69, 9.17) is 0 Å². The van der Waals surface area contributed by atoms with Gasteiger partial charge in [0.15, 0.2) is 0 Å². The topological polar surface area (TPSA) is 9.86 Å². The normalized spacial score (nSPS) is 13.0. The van der Waals surface area contributed by atoms with Crippen molar-refractivity contribution >= 4 is 76.8 Å². The Morgan fingerprint density at radius 1 is 0.565 bits per heavy atom. The van der Waals surface area contributed by atoms with E-state index in [9.17, 15) is 0 Å². The van der Waals surface area contributed by atoms with Gasteiger partial charge in [-0.3, -0.25) is 0 Å². The summed E-state index contributed by atoms with van der Waals surface area (Å²) < 4.78 is 7.30. The van der Waals surface area contributed by atoms with Crippen LogP contribution in [0.5, 0.6) is 0 Å². The first-order chi connectivity index (χ1) is 22.7. The molecule has 2 nitrogen and oxygen atoms in total. The van der Waals surface area contributed by atoms with E-state index in [1.165, 1.54) is 80.3 Å². The molecular formula is C43H30N2S. The molecule has 0 saturated heterocycles. The number of allylic oxidation sites excluding steroid dienone is 1. The lowest BCUT2D eigenvalue weighted by atomic mass is 10.0. The molecule has 0 aliphatic rings. The molecule has 3 aromatic heterocycles. The summed E-state index contributed by atoms with van der Waals surface area (Å²) in [7, 11) is 0. The van der Waals surface area contributed by atoms with Crippen LogP contribution in [0.3, 0.4) is 0 Å². The molecule has 0 radical (unpaired) electrons. The molecule has 0 bridgehead atoms. The van der Waals surface area contributed by atoms with Crippen molar-refractivity contribution in [2.45, 2.75) is 6.92 Å². The van der Waals surface area contributed by atoms with Gasteiger partial charge in [-0.1, -0.05) is 97.6 Å². The SMILES string of the molecule is C=C/C(=c1/sc2ccccc2/c1=C/C)n1c2ccccc2c2cc(-c3ccc4c(c3)c3ccccc3n4-c3ccccc3)ccc21. The van der Waals surface area contributed by atoms with Gasteiger partial charge < -0.3 is 9.13 Å². The number of aromatic nitrogens is 2. The lowest BCUT2D eigenvalue weighted by Gasteiger charge is -2.10. The predicted octanol–water partition coefficient (Wildman–Crippen LogP) is 10.4. The summed E-state index contributed by atoms with van der Waals surface area (Å²) >= 11 is 1.84. The molecule has 0 saturated carbocycles. The van der Waals surface area contributed by atoms with Crippen LogP contribution in [0, 0.1) is 0 Å². The van der Waals surface area contributed by atoms with E-state index >= 15 is 0 Å². The van der Waals surface area contributed by atoms with E-state index in [-0.39, 0.29) is 0 Å². The van der Waals surface area contributed by atoms with E-state index < -0.39 is 0 Å². The molecule has 9 rings (SSSR count). The molecule has 0 spiro atoms. The number of hydrogen-bond acceptors (Lipinski definition) is 1. The predicted molar refractivity (Wildman–Crippen MR) is 199 cm³/mol. The lowest BCUT2D eigenvalue weighted by molar-refractivity contribution is 1.18. The van der Waals surface area contributed by atoms with Crippen molar-refractivity contribution in [1.29, 1.82) is 0 Å². The molecule has 6 aromatic carbocycles. The van der Waals surface area contributed by atoms with Crippen LogP contribution in [0.25, 0.3) is 82.3 Å². The van der Waals surface area contributed by atoms with Gasteiger partial charge in [0.25, 0.3) is 0 Å². The Morgan fingerprint density at radius 3 is 1.83 bits per heavy atom. The number of para-hydroxylation sites is 3. The van der Waals surface area contributed by atoms with E-state index in [0.29, 0.717) is 0 Å². The Morgan fingerprint density at radius 2 is 1.11 bits per heavy atom. The standard InChI is InChI=1S/C43H30N2S/c1-3-31-34-18-10-13-21-42(34)46-43(31)37(4-2)45-39-20-12-9-17-33(39)36-27-29(23-25-41(36)45)28-22-24-40-35(26-28)32-16-8-11-19-38(32)44(40)30-14-6-5-7-15-30/h3-27H,2H2,1H3/b31-3-,43-37-. The van der Waals surface area contributed by atoms with Crippen molar-refractivity contribution in [2.75, 3.05) is 0 Å². The van der Waals surface area contributed by atoms with Crippen LogP contribution in [0.2, 0.25) is 0 Å². The summed E-state index contributed by atoms with van der Waals surface area (Å²) in [5.74, 6) is 0. The molecule has 218 valence electrons. The molecule has 3 heterocycles. The fourth-order valence-corrected chi connectivity index (χ4v) is 8.52. The highest BCUT2D eigenvalue weighted by Gasteiger charge is 2.17. The molecule has 0 amide bonds. The van der Waals surface area contributed by atoms with Crippen LogP contribution in [0.4, 0.5) is 0 Å². The smallest absolute Gasteiger partial charge is 0.0634 e. The molecule has 0 fully saturated rings. The maximum absolute atomic E-state index is 4.33. The average molecular weight is 607 g/mol. The van der Waals surface area contributed by atoms with E-state index in [1.54, 1.807) is 0 Å². The van der Waals surface area contributed by atoms with Crippen LogP contribution in [-0.4, -0.2) is 9.13 Å². The summed E-state index contributed by atoms with van der Waals surface area (Å²) in [6.45, 7) is 6.46. The number of thiophene rings is 1. The highest BCUT2D eigenvalue weighted by molar-refractivity contribution is 7.17. The fourth-order valence-electron chi connectivity index (χ4n) is 7.25. The Labute approximate surface area is 270 Å². The van der Waals surface area contributed by atoms with Gasteiger partial charge in [-0.15, -0.1) is 11.3 Å². The maximum Gasteiger partial charge on any atom is 0.0634 e. The fraction of sp³-hybridized carbons (Fsp3) is 0.0233. The van der Waals surface area contributed by atoms with Gasteiger partial charge in [-0.25, -0.2) is 0 Å². The van der Waals surface area contributed by atoms with E-state index in [1.807, 2.05) is 17.4 Å². The van der Waals surface area contributed by atoms with Crippen LogP contribution < -0.4 is 9.75 Å². The minimum atomic E-state index is 1.11. The van der Waals surface area contributed by atoms with Crippen molar-refractivity contribution in [3.8, 4) is 16.8 Å². The summed E-state index contributed by atoms with van der Waals surface area (Å²) in [5.41, 5.74) is 9.51. The van der Waals surface area contributed by atoms with Crippen molar-refractivity contribution in [2.24, 2.45) is 0 Å². The second kappa shape index (κ2) is 10.5. The van der Waals surface area contributed by atoms with Gasteiger partial charge >= 0.3 is 0 Å². The Bertz CT molecular complexity index is 2770. The molecule has 3 heteroatoms. The van der Waals surface area contributed by atoms with Crippen LogP contribution in [0.1, 0.15) is 6.92 Å². The quantitative estimate of drug-likeness (QED) is 0.189. The number of benzene rings is 6. The zero-order valence-corrected chi connectivity index (χ0v) is 26.3. The van der Waals surface area contributed by atoms with Crippen LogP contribution in [-0.2, 0) is 0 Å². The second-order valence-electron chi connectivity index (χ2n) is 11.7. The molecular weight excluding hydrogens is 577 g/mol. The first-order valence-electron chi connectivity index (χ1n) is 15.7. The molecule has 0 aliphatic carbocycles. The van der Waals surface area contributed by atoms with Crippen molar-refractivity contribution in [1.82, 2.24) is 9.13 Å². The van der Waals surface area contributed by atoms with Crippen LogP contribution in [0.15, 0.2) is 152 Å². The summed E-state index contributed by atoms with van der Waals surface area (Å²) in [6.07, 6.45) is 4.25. The molecule has 0 unspecified atom stereocenters. The Balaban J connectivity index is 1.29. The third-order valence-corrected chi connectivity index (χ3v) is 10.5. The highest BCUT2D eigenvalue weighted by atomic mass is 32.1. The van der Waals surface area contributed by atoms with Crippen molar-refractivity contribution < 1.29 is 0 Å². The zero-order chi connectivity index (χ0) is 30.8. The average Bonchev–Trinajstić information content (AvgIpc) is 3.76. The first kappa shape index (κ1) is 26.7. The molecule has 0 N–H and O–H groups in total. The minimum Gasteiger partial charge on any atom is -0.309 e. The van der Waals surface area contributed by atoms with Gasteiger partial charge in [0.2, 0.25) is 0 Å². The molecule has 0 aliphatic heterocycles. The third kappa shape index (κ3) is 3.89. The van der Waals surface area contributed by atoms with Crippen molar-refractivity contribution in [3.05, 3.63) is 162 Å².